The van der Waals surface area contributed by atoms with Crippen LogP contribution in [0.5, 0.6) is 0 Å². The molecule has 0 aromatic rings. The van der Waals surface area contributed by atoms with E-state index in [1.807, 2.05) is 0 Å². The van der Waals surface area contributed by atoms with Crippen LogP contribution in [0.3, 0.4) is 0 Å². The Kier molecular flexibility index (Phi) is 4.26. The summed E-state index contributed by atoms with van der Waals surface area (Å²) in [4.78, 5) is 0. The van der Waals surface area contributed by atoms with E-state index in [2.05, 4.69) is 41.5 Å². The van der Waals surface area contributed by atoms with Crippen LogP contribution < -0.4 is 0 Å². The van der Waals surface area contributed by atoms with Crippen LogP contribution in [-0.2, 0) is 0 Å². The van der Waals surface area contributed by atoms with Gasteiger partial charge in [0, 0.05) is 0 Å². The first-order valence-corrected chi connectivity index (χ1v) is 6.85. The number of hydrogen-bond acceptors (Lipinski definition) is 0. The molecule has 1 saturated carbocycles. The normalized spacial score (nSPS) is 28.8. The van der Waals surface area contributed by atoms with Crippen molar-refractivity contribution in [2.45, 2.75) is 67.2 Å². The molecule has 1 aliphatic rings. The van der Waals surface area contributed by atoms with Crippen LogP contribution in [-0.4, -0.2) is 0 Å². The van der Waals surface area contributed by atoms with Crippen molar-refractivity contribution in [2.75, 3.05) is 0 Å². The summed E-state index contributed by atoms with van der Waals surface area (Å²) in [5.41, 5.74) is 0.544. The Bertz CT molecular complexity index is 180. The minimum absolute atomic E-state index is 0.544. The molecule has 90 valence electrons. The molecule has 0 bridgehead atoms. The Balaban J connectivity index is 2.50. The van der Waals surface area contributed by atoms with Gasteiger partial charge in [-0.2, -0.15) is 0 Å². The summed E-state index contributed by atoms with van der Waals surface area (Å²) < 4.78 is 0. The smallest absolute Gasteiger partial charge is 0.0303 e. The third-order valence-corrected chi connectivity index (χ3v) is 5.25. The molecular weight excluding hydrogens is 180 g/mol. The maximum Gasteiger partial charge on any atom is -0.0303 e. The van der Waals surface area contributed by atoms with E-state index in [9.17, 15) is 0 Å². The molecule has 0 radical (unpaired) electrons. The summed E-state index contributed by atoms with van der Waals surface area (Å²) in [6.45, 7) is 14.5. The van der Waals surface area contributed by atoms with E-state index in [-0.39, 0.29) is 0 Å². The Morgan fingerprint density at radius 2 is 1.33 bits per heavy atom. The Labute approximate surface area is 96.8 Å². The predicted molar refractivity (Wildman–Crippen MR) is 68.9 cm³/mol. The molecule has 0 unspecified atom stereocenters. The van der Waals surface area contributed by atoms with Gasteiger partial charge < -0.3 is 0 Å². The number of rotatable bonds is 3. The lowest BCUT2D eigenvalue weighted by atomic mass is 9.63. The van der Waals surface area contributed by atoms with E-state index in [0.717, 1.165) is 23.7 Å². The summed E-state index contributed by atoms with van der Waals surface area (Å²) in [7, 11) is 0. The lowest BCUT2D eigenvalue weighted by Crippen LogP contribution is -2.33. The van der Waals surface area contributed by atoms with Crippen LogP contribution in [0.4, 0.5) is 0 Å². The zero-order chi connectivity index (χ0) is 11.6. The zero-order valence-electron chi connectivity index (χ0n) is 11.6. The molecular formula is C15H30. The van der Waals surface area contributed by atoms with Crippen LogP contribution in [0, 0.1) is 29.1 Å². The van der Waals surface area contributed by atoms with E-state index in [0.29, 0.717) is 5.41 Å². The van der Waals surface area contributed by atoms with Gasteiger partial charge in [0.25, 0.3) is 0 Å². The van der Waals surface area contributed by atoms with Gasteiger partial charge in [-0.1, -0.05) is 41.5 Å². The van der Waals surface area contributed by atoms with E-state index in [4.69, 9.17) is 0 Å². The van der Waals surface area contributed by atoms with Crippen molar-refractivity contribution in [3.05, 3.63) is 0 Å². The van der Waals surface area contributed by atoms with Gasteiger partial charge in [0.1, 0.15) is 0 Å². The van der Waals surface area contributed by atoms with Gasteiger partial charge in [-0.3, -0.25) is 0 Å². The predicted octanol–water partition coefficient (Wildman–Crippen LogP) is 5.13. The standard InChI is InChI=1S/C15H30/c1-11(2)13-7-9-14(10-8-13)15(5,6)12(3)4/h11-14H,7-10H2,1-6H3. The van der Waals surface area contributed by atoms with Crippen LogP contribution in [0.2, 0.25) is 0 Å². The maximum absolute atomic E-state index is 2.47. The van der Waals surface area contributed by atoms with Crippen molar-refractivity contribution in [3.63, 3.8) is 0 Å². The van der Waals surface area contributed by atoms with Crippen molar-refractivity contribution in [3.8, 4) is 0 Å². The van der Waals surface area contributed by atoms with Gasteiger partial charge >= 0.3 is 0 Å². The molecule has 0 amide bonds. The zero-order valence-corrected chi connectivity index (χ0v) is 11.6. The molecule has 0 heterocycles. The van der Waals surface area contributed by atoms with Crippen molar-refractivity contribution >= 4 is 0 Å². The summed E-state index contributed by atoms with van der Waals surface area (Å²) in [6.07, 6.45) is 5.87. The summed E-state index contributed by atoms with van der Waals surface area (Å²) >= 11 is 0. The highest BCUT2D eigenvalue weighted by atomic mass is 14.4. The molecule has 0 atom stereocenters. The van der Waals surface area contributed by atoms with Gasteiger partial charge in [-0.25, -0.2) is 0 Å². The molecule has 0 aromatic carbocycles. The van der Waals surface area contributed by atoms with Crippen molar-refractivity contribution in [2.24, 2.45) is 29.1 Å². The average molecular weight is 210 g/mol. The first-order chi connectivity index (χ1) is 6.85. The second-order valence-corrected chi connectivity index (χ2v) is 6.83. The van der Waals surface area contributed by atoms with E-state index in [1.165, 1.54) is 25.7 Å². The quantitative estimate of drug-likeness (QED) is 0.605. The fourth-order valence-corrected chi connectivity index (χ4v) is 3.00. The fraction of sp³-hybridized carbons (Fsp3) is 1.00. The van der Waals surface area contributed by atoms with E-state index in [1.54, 1.807) is 0 Å². The van der Waals surface area contributed by atoms with Crippen LogP contribution in [0.15, 0.2) is 0 Å². The highest BCUT2D eigenvalue weighted by Crippen LogP contribution is 2.45. The highest BCUT2D eigenvalue weighted by Gasteiger charge is 2.35. The summed E-state index contributed by atoms with van der Waals surface area (Å²) in [5, 5.41) is 0. The highest BCUT2D eigenvalue weighted by molar-refractivity contribution is 4.85. The molecule has 0 saturated heterocycles. The third-order valence-electron chi connectivity index (χ3n) is 5.25. The minimum atomic E-state index is 0.544. The molecule has 0 spiro atoms. The molecule has 1 fully saturated rings. The Hall–Kier alpha value is 0. The SMILES string of the molecule is CC(C)C1CCC(C(C)(C)C(C)C)CC1. The first kappa shape index (κ1) is 13.1. The molecule has 0 heteroatoms. The minimum Gasteiger partial charge on any atom is -0.0625 e. The van der Waals surface area contributed by atoms with Gasteiger partial charge in [0.15, 0.2) is 0 Å². The number of hydrogen-bond donors (Lipinski definition) is 0. The molecule has 0 nitrogen and oxygen atoms in total. The van der Waals surface area contributed by atoms with Gasteiger partial charge in [0.05, 0.1) is 0 Å². The lowest BCUT2D eigenvalue weighted by molar-refractivity contribution is 0.0762. The van der Waals surface area contributed by atoms with Crippen molar-refractivity contribution in [1.29, 1.82) is 0 Å². The summed E-state index contributed by atoms with van der Waals surface area (Å²) in [6, 6.07) is 0. The van der Waals surface area contributed by atoms with E-state index >= 15 is 0 Å². The van der Waals surface area contributed by atoms with E-state index < -0.39 is 0 Å². The molecule has 1 aliphatic carbocycles. The van der Waals surface area contributed by atoms with Crippen molar-refractivity contribution < 1.29 is 0 Å². The topological polar surface area (TPSA) is 0 Å². The van der Waals surface area contributed by atoms with Crippen molar-refractivity contribution in [1.82, 2.24) is 0 Å². The van der Waals surface area contributed by atoms with Gasteiger partial charge in [-0.05, 0) is 54.8 Å². The van der Waals surface area contributed by atoms with Crippen LogP contribution in [0.25, 0.3) is 0 Å². The van der Waals surface area contributed by atoms with Gasteiger partial charge in [0.2, 0.25) is 0 Å². The first-order valence-electron chi connectivity index (χ1n) is 6.85. The lowest BCUT2D eigenvalue weighted by Gasteiger charge is -2.43. The average Bonchev–Trinajstić information content (AvgIpc) is 2.17. The Morgan fingerprint density at radius 1 is 0.867 bits per heavy atom. The molecule has 15 heavy (non-hydrogen) atoms. The second kappa shape index (κ2) is 4.89. The second-order valence-electron chi connectivity index (χ2n) is 6.83. The van der Waals surface area contributed by atoms with Gasteiger partial charge in [-0.15, -0.1) is 0 Å². The molecule has 0 aliphatic heterocycles. The molecule has 0 N–H and O–H groups in total. The fourth-order valence-electron chi connectivity index (χ4n) is 3.00. The van der Waals surface area contributed by atoms with Crippen LogP contribution >= 0.6 is 0 Å². The maximum atomic E-state index is 2.47. The molecule has 0 aromatic heterocycles. The third kappa shape index (κ3) is 2.98. The van der Waals surface area contributed by atoms with Crippen LogP contribution in [0.1, 0.15) is 67.2 Å². The molecule has 1 rings (SSSR count). The monoisotopic (exact) mass is 210 g/mol. The Morgan fingerprint density at radius 3 is 1.67 bits per heavy atom. The largest absolute Gasteiger partial charge is 0.0625 e. The summed E-state index contributed by atoms with van der Waals surface area (Å²) in [5.74, 6) is 3.68.